The first-order valence-corrected chi connectivity index (χ1v) is 11.2. The van der Waals surface area contributed by atoms with Crippen LogP contribution in [-0.2, 0) is 4.74 Å². The molecule has 1 saturated carbocycles. The number of nitrogens with zero attached hydrogens (tertiary/aromatic N) is 3. The van der Waals surface area contributed by atoms with Gasteiger partial charge in [-0.2, -0.15) is 4.68 Å². The topological polar surface area (TPSA) is 135 Å². The maximum Gasteiger partial charge on any atom is 0.424 e. The molecule has 1 atom stereocenters. The lowest BCUT2D eigenvalue weighted by Gasteiger charge is -2.22. The Hall–Kier alpha value is -3.57. The zero-order valence-corrected chi connectivity index (χ0v) is 19.3. The van der Waals surface area contributed by atoms with Crippen LogP contribution < -0.4 is 26.9 Å². The van der Waals surface area contributed by atoms with Gasteiger partial charge >= 0.3 is 17.9 Å². The molecule has 12 heteroatoms. The maximum absolute atomic E-state index is 15.1. The summed E-state index contributed by atoms with van der Waals surface area (Å²) >= 11 is 0. The van der Waals surface area contributed by atoms with Gasteiger partial charge in [-0.1, -0.05) is 0 Å². The minimum Gasteiger partial charge on any atom is -0.464 e. The molecule has 2 fully saturated rings. The van der Waals surface area contributed by atoms with E-state index in [1.165, 1.54) is 10.6 Å². The van der Waals surface area contributed by atoms with Crippen molar-refractivity contribution in [1.82, 2.24) is 14.6 Å². The Labute approximate surface area is 194 Å². The standard InChI is InChI=1S/C22H28FN5O6/c1-22(2,3)34-20(32)24-10-12-6-7-26(11-12)17-9-16-14(8-15(17)23)18(29)28(25-19(30)31)21(33)27(16)13-4-5-13/h8-9,12-13,25H,4-7,10-11H2,1-3H3,(H,24,32)(H,30,31). The lowest BCUT2D eigenvalue weighted by molar-refractivity contribution is 0.0520. The largest absolute Gasteiger partial charge is 0.464 e. The highest BCUT2D eigenvalue weighted by Gasteiger charge is 2.31. The van der Waals surface area contributed by atoms with E-state index in [0.717, 1.165) is 6.07 Å². The molecule has 0 bridgehead atoms. The van der Waals surface area contributed by atoms with E-state index in [0.29, 0.717) is 43.6 Å². The monoisotopic (exact) mass is 477 g/mol. The van der Waals surface area contributed by atoms with Crippen LogP contribution in [0.25, 0.3) is 10.9 Å². The first-order valence-electron chi connectivity index (χ1n) is 11.2. The van der Waals surface area contributed by atoms with E-state index in [2.05, 4.69) is 5.32 Å². The van der Waals surface area contributed by atoms with Crippen LogP contribution in [0.2, 0.25) is 0 Å². The molecule has 1 aromatic carbocycles. The SMILES string of the molecule is CC(C)(C)OC(=O)NCC1CCN(c2cc3c(cc2F)c(=O)n(NC(=O)O)c(=O)n3C2CC2)C1. The quantitative estimate of drug-likeness (QED) is 0.601. The number of carboxylic acid groups (broad SMARTS) is 1. The Morgan fingerprint density at radius 3 is 2.53 bits per heavy atom. The number of fused-ring (bicyclic) bond motifs is 1. The third-order valence-corrected chi connectivity index (χ3v) is 5.84. The zero-order chi connectivity index (χ0) is 24.8. The van der Waals surface area contributed by atoms with Gasteiger partial charge in [-0.15, -0.1) is 0 Å². The summed E-state index contributed by atoms with van der Waals surface area (Å²) in [4.78, 5) is 50.4. The number of halogens is 1. The van der Waals surface area contributed by atoms with E-state index in [1.54, 1.807) is 26.2 Å². The number of alkyl carbamates (subject to hydrolysis) is 1. The zero-order valence-electron chi connectivity index (χ0n) is 19.3. The molecular formula is C22H28FN5O6. The van der Waals surface area contributed by atoms with E-state index < -0.39 is 34.9 Å². The van der Waals surface area contributed by atoms with Crippen molar-refractivity contribution in [2.75, 3.05) is 30.0 Å². The van der Waals surface area contributed by atoms with Gasteiger partial charge in [0.25, 0.3) is 5.56 Å². The van der Waals surface area contributed by atoms with Crippen molar-refractivity contribution in [2.24, 2.45) is 5.92 Å². The number of rotatable bonds is 5. The number of amides is 2. The summed E-state index contributed by atoms with van der Waals surface area (Å²) in [7, 11) is 0. The van der Waals surface area contributed by atoms with Gasteiger partial charge in [0.1, 0.15) is 11.4 Å². The number of benzene rings is 1. The predicted octanol–water partition coefficient (Wildman–Crippen LogP) is 2.21. The molecule has 4 rings (SSSR count). The Morgan fingerprint density at radius 2 is 1.91 bits per heavy atom. The average molecular weight is 477 g/mol. The number of aromatic nitrogens is 2. The second-order valence-corrected chi connectivity index (χ2v) is 9.75. The van der Waals surface area contributed by atoms with Crippen molar-refractivity contribution in [3.05, 3.63) is 38.8 Å². The number of hydrogen-bond acceptors (Lipinski definition) is 6. The fourth-order valence-electron chi connectivity index (χ4n) is 4.22. The van der Waals surface area contributed by atoms with E-state index >= 15 is 4.39 Å². The van der Waals surface area contributed by atoms with Crippen LogP contribution in [0.15, 0.2) is 21.7 Å². The summed E-state index contributed by atoms with van der Waals surface area (Å²) in [5.74, 6) is -0.575. The molecule has 1 unspecified atom stereocenters. The number of carbonyl (C=O) groups excluding carboxylic acids is 1. The molecule has 34 heavy (non-hydrogen) atoms. The maximum atomic E-state index is 15.1. The summed E-state index contributed by atoms with van der Waals surface area (Å²) in [5, 5.41) is 11.7. The van der Waals surface area contributed by atoms with Gasteiger partial charge in [0.05, 0.1) is 16.6 Å². The normalized spacial score (nSPS) is 18.2. The third kappa shape index (κ3) is 4.85. The first-order chi connectivity index (χ1) is 15.9. The van der Waals surface area contributed by atoms with Gasteiger partial charge < -0.3 is 20.1 Å². The van der Waals surface area contributed by atoms with Crippen LogP contribution in [0.3, 0.4) is 0 Å². The van der Waals surface area contributed by atoms with Crippen LogP contribution in [0, 0.1) is 11.7 Å². The van der Waals surface area contributed by atoms with Gasteiger partial charge in [-0.3, -0.25) is 9.36 Å². The molecule has 1 aromatic heterocycles. The van der Waals surface area contributed by atoms with Crippen molar-refractivity contribution >= 4 is 28.8 Å². The minimum absolute atomic E-state index is 0.0704. The minimum atomic E-state index is -1.57. The highest BCUT2D eigenvalue weighted by molar-refractivity contribution is 5.83. The second-order valence-electron chi connectivity index (χ2n) is 9.75. The Bertz CT molecular complexity index is 1260. The van der Waals surface area contributed by atoms with Crippen LogP contribution in [0.4, 0.5) is 19.7 Å². The highest BCUT2D eigenvalue weighted by atomic mass is 19.1. The molecule has 2 aromatic rings. The van der Waals surface area contributed by atoms with Crippen molar-refractivity contribution in [3.8, 4) is 0 Å². The summed E-state index contributed by atoms with van der Waals surface area (Å²) in [6, 6.07) is 2.36. The van der Waals surface area contributed by atoms with Crippen LogP contribution in [0.5, 0.6) is 0 Å². The highest BCUT2D eigenvalue weighted by Crippen LogP contribution is 2.37. The number of nitrogens with one attached hydrogen (secondary N) is 2. The fraction of sp³-hybridized carbons (Fsp3) is 0.545. The van der Waals surface area contributed by atoms with E-state index in [-0.39, 0.29) is 28.6 Å². The molecular weight excluding hydrogens is 449 g/mol. The van der Waals surface area contributed by atoms with E-state index in [9.17, 15) is 19.2 Å². The molecule has 0 spiro atoms. The fourth-order valence-corrected chi connectivity index (χ4v) is 4.22. The lowest BCUT2D eigenvalue weighted by atomic mass is 10.1. The lowest BCUT2D eigenvalue weighted by Crippen LogP contribution is -2.46. The average Bonchev–Trinajstić information content (AvgIpc) is 3.45. The number of anilines is 1. The van der Waals surface area contributed by atoms with Crippen molar-refractivity contribution in [3.63, 3.8) is 0 Å². The summed E-state index contributed by atoms with van der Waals surface area (Å²) in [6.45, 7) is 6.72. The molecule has 1 aliphatic heterocycles. The number of hydrogen-bond donors (Lipinski definition) is 3. The smallest absolute Gasteiger partial charge is 0.424 e. The van der Waals surface area contributed by atoms with Crippen LogP contribution in [0.1, 0.15) is 46.1 Å². The molecule has 2 heterocycles. The molecule has 0 radical (unpaired) electrons. The van der Waals surface area contributed by atoms with Crippen molar-refractivity contribution < 1.29 is 23.8 Å². The summed E-state index contributed by atoms with van der Waals surface area (Å²) < 4.78 is 22.1. The van der Waals surface area contributed by atoms with Crippen molar-refractivity contribution in [2.45, 2.75) is 51.7 Å². The van der Waals surface area contributed by atoms with E-state index in [4.69, 9.17) is 9.84 Å². The van der Waals surface area contributed by atoms with Gasteiger partial charge in [0.15, 0.2) is 0 Å². The Balaban J connectivity index is 1.61. The summed E-state index contributed by atoms with van der Waals surface area (Å²) in [5.41, 5.74) is -0.00782. The van der Waals surface area contributed by atoms with Gasteiger partial charge in [0.2, 0.25) is 0 Å². The summed E-state index contributed by atoms with van der Waals surface area (Å²) in [6.07, 6.45) is 0.0421. The molecule has 2 amide bonds. The second kappa shape index (κ2) is 8.65. The molecule has 3 N–H and O–H groups in total. The first kappa shape index (κ1) is 23.6. The van der Waals surface area contributed by atoms with Crippen LogP contribution in [-0.4, -0.2) is 51.8 Å². The molecule has 1 saturated heterocycles. The van der Waals surface area contributed by atoms with Crippen molar-refractivity contribution in [1.29, 1.82) is 0 Å². The molecule has 1 aliphatic carbocycles. The van der Waals surface area contributed by atoms with E-state index in [1.807, 2.05) is 4.90 Å². The van der Waals surface area contributed by atoms with Gasteiger partial charge in [-0.25, -0.2) is 24.2 Å². The molecule has 11 nitrogen and oxygen atoms in total. The number of carbonyl (C=O) groups is 2. The van der Waals surface area contributed by atoms with Crippen LogP contribution >= 0.6 is 0 Å². The third-order valence-electron chi connectivity index (χ3n) is 5.84. The molecule has 2 aliphatic rings. The van der Waals surface area contributed by atoms with Gasteiger partial charge in [0, 0.05) is 25.7 Å². The van der Waals surface area contributed by atoms with Gasteiger partial charge in [-0.05, 0) is 58.1 Å². The molecule has 184 valence electrons. The Morgan fingerprint density at radius 1 is 1.21 bits per heavy atom. The number of ether oxygens (including phenoxy) is 1. The predicted molar refractivity (Wildman–Crippen MR) is 123 cm³/mol. The Kier molecular flexibility index (Phi) is 6.00.